The number of amides is 2. The maximum Gasteiger partial charge on any atom is 0.265 e. The molecule has 2 aliphatic heterocycles. The van der Waals surface area contributed by atoms with Gasteiger partial charge in [-0.05, 0) is 44.7 Å². The summed E-state index contributed by atoms with van der Waals surface area (Å²) >= 11 is 0. The van der Waals surface area contributed by atoms with E-state index in [4.69, 9.17) is 10.5 Å². The number of carbonyl (C=O) groups is 2. The van der Waals surface area contributed by atoms with Gasteiger partial charge in [-0.15, -0.1) is 12.4 Å². The second-order valence-corrected chi connectivity index (χ2v) is 6.42. The van der Waals surface area contributed by atoms with Crippen LogP contribution in [0, 0.1) is 5.92 Å². The van der Waals surface area contributed by atoms with E-state index in [9.17, 15) is 9.59 Å². The maximum absolute atomic E-state index is 12.8. The minimum Gasteiger partial charge on any atom is -0.478 e. The molecule has 0 spiro atoms. The Hall–Kier alpha value is -1.79. The maximum atomic E-state index is 12.8. The molecule has 7 heteroatoms. The Bertz CT molecular complexity index is 628. The second-order valence-electron chi connectivity index (χ2n) is 6.42. The second kappa shape index (κ2) is 7.40. The first-order valence-corrected chi connectivity index (χ1v) is 8.12. The van der Waals surface area contributed by atoms with Crippen molar-refractivity contribution >= 4 is 29.9 Å². The summed E-state index contributed by atoms with van der Waals surface area (Å²) < 4.78 is 5.67. The Morgan fingerprint density at radius 2 is 2.04 bits per heavy atom. The SMILES string of the molecule is CC1Oc2c(cccc2C(=O)N2CCC(C(C)N)CC2)NC1=O.Cl. The quantitative estimate of drug-likeness (QED) is 0.852. The van der Waals surface area contributed by atoms with Crippen molar-refractivity contribution in [1.82, 2.24) is 4.90 Å². The molecule has 0 aromatic heterocycles. The van der Waals surface area contributed by atoms with Crippen molar-refractivity contribution in [1.29, 1.82) is 0 Å². The topological polar surface area (TPSA) is 84.7 Å². The van der Waals surface area contributed by atoms with Crippen LogP contribution in [0.1, 0.15) is 37.0 Å². The van der Waals surface area contributed by atoms with Crippen LogP contribution in [0.5, 0.6) is 5.75 Å². The molecule has 0 bridgehead atoms. The van der Waals surface area contributed by atoms with Gasteiger partial charge < -0.3 is 20.7 Å². The van der Waals surface area contributed by atoms with E-state index in [0.29, 0.717) is 36.0 Å². The average Bonchev–Trinajstić information content (AvgIpc) is 2.55. The first-order chi connectivity index (χ1) is 11.0. The lowest BCUT2D eigenvalue weighted by Gasteiger charge is -2.34. The van der Waals surface area contributed by atoms with Crippen LogP contribution in [-0.4, -0.2) is 41.9 Å². The summed E-state index contributed by atoms with van der Waals surface area (Å²) in [6.07, 6.45) is 1.25. The fourth-order valence-corrected chi connectivity index (χ4v) is 3.19. The number of nitrogens with one attached hydrogen (secondary N) is 1. The van der Waals surface area contributed by atoms with Crippen LogP contribution in [0.25, 0.3) is 0 Å². The number of likely N-dealkylation sites (tertiary alicyclic amines) is 1. The van der Waals surface area contributed by atoms with Crippen LogP contribution in [-0.2, 0) is 4.79 Å². The van der Waals surface area contributed by atoms with Crippen LogP contribution in [0.3, 0.4) is 0 Å². The van der Waals surface area contributed by atoms with Gasteiger partial charge in [0.1, 0.15) is 0 Å². The number of benzene rings is 1. The molecule has 0 aliphatic carbocycles. The number of nitrogens with two attached hydrogens (primary N) is 1. The molecule has 2 unspecified atom stereocenters. The van der Waals surface area contributed by atoms with Crippen LogP contribution >= 0.6 is 12.4 Å². The van der Waals surface area contributed by atoms with Gasteiger partial charge in [0.05, 0.1) is 11.3 Å². The number of halogens is 1. The van der Waals surface area contributed by atoms with Crippen molar-refractivity contribution in [3.05, 3.63) is 23.8 Å². The largest absolute Gasteiger partial charge is 0.478 e. The van der Waals surface area contributed by atoms with Crippen LogP contribution < -0.4 is 15.8 Å². The third kappa shape index (κ3) is 3.49. The number of carbonyl (C=O) groups excluding carboxylic acids is 2. The van der Waals surface area contributed by atoms with Crippen LogP contribution in [0.4, 0.5) is 5.69 Å². The first kappa shape index (κ1) is 18.5. The normalized spacial score (nSPS) is 21.9. The van der Waals surface area contributed by atoms with Gasteiger partial charge in [0.2, 0.25) is 0 Å². The van der Waals surface area contributed by atoms with Crippen molar-refractivity contribution in [3.8, 4) is 5.75 Å². The molecule has 24 heavy (non-hydrogen) atoms. The Kier molecular flexibility index (Phi) is 5.72. The number of fused-ring (bicyclic) bond motifs is 1. The number of hydrogen-bond acceptors (Lipinski definition) is 4. The minimum atomic E-state index is -0.597. The molecule has 3 rings (SSSR count). The van der Waals surface area contributed by atoms with E-state index in [1.54, 1.807) is 25.1 Å². The first-order valence-electron chi connectivity index (χ1n) is 8.12. The molecule has 0 radical (unpaired) electrons. The standard InChI is InChI=1S/C17H23N3O3.ClH/c1-10(18)12-6-8-20(9-7-12)17(22)13-4-3-5-14-15(13)23-11(2)16(21)19-14;/h3-5,10-12H,6-9,18H2,1-2H3,(H,19,21);1H. The van der Waals surface area contributed by atoms with Crippen LogP contribution in [0.2, 0.25) is 0 Å². The summed E-state index contributed by atoms with van der Waals surface area (Å²) in [7, 11) is 0. The zero-order valence-electron chi connectivity index (χ0n) is 14.0. The van der Waals surface area contributed by atoms with Gasteiger partial charge in [-0.3, -0.25) is 9.59 Å². The zero-order chi connectivity index (χ0) is 16.6. The summed E-state index contributed by atoms with van der Waals surface area (Å²) in [5.41, 5.74) is 7.02. The van der Waals surface area contributed by atoms with Gasteiger partial charge in [0.25, 0.3) is 11.8 Å². The molecule has 0 saturated carbocycles. The van der Waals surface area contributed by atoms with Gasteiger partial charge in [0.15, 0.2) is 11.9 Å². The van der Waals surface area contributed by atoms with Crippen molar-refractivity contribution < 1.29 is 14.3 Å². The molecule has 2 heterocycles. The highest BCUT2D eigenvalue weighted by atomic mass is 35.5. The number of hydrogen-bond donors (Lipinski definition) is 2. The summed E-state index contributed by atoms with van der Waals surface area (Å²) in [6.45, 7) is 5.11. The zero-order valence-corrected chi connectivity index (χ0v) is 14.8. The number of piperidine rings is 1. The molecular formula is C17H24ClN3O3. The van der Waals surface area contributed by atoms with Gasteiger partial charge in [-0.1, -0.05) is 6.07 Å². The molecule has 1 aromatic carbocycles. The molecule has 2 amide bonds. The third-order valence-corrected chi connectivity index (χ3v) is 4.74. The highest BCUT2D eigenvalue weighted by Crippen LogP contribution is 2.34. The van der Waals surface area contributed by atoms with Gasteiger partial charge in [-0.25, -0.2) is 0 Å². The molecule has 1 saturated heterocycles. The Labute approximate surface area is 148 Å². The summed E-state index contributed by atoms with van der Waals surface area (Å²) in [5, 5.41) is 2.78. The predicted octanol–water partition coefficient (Wildman–Crippen LogP) is 2.03. The van der Waals surface area contributed by atoms with E-state index in [-0.39, 0.29) is 30.3 Å². The molecule has 1 fully saturated rings. The fraction of sp³-hybridized carbons (Fsp3) is 0.529. The molecule has 132 valence electrons. The third-order valence-electron chi connectivity index (χ3n) is 4.74. The molecule has 1 aromatic rings. The fourth-order valence-electron chi connectivity index (χ4n) is 3.19. The van der Waals surface area contributed by atoms with E-state index in [1.807, 2.05) is 11.8 Å². The Balaban J connectivity index is 0.00000208. The molecule has 2 aliphatic rings. The molecule has 3 N–H and O–H groups in total. The number of nitrogens with zero attached hydrogens (tertiary/aromatic N) is 1. The lowest BCUT2D eigenvalue weighted by molar-refractivity contribution is -0.122. The average molecular weight is 354 g/mol. The minimum absolute atomic E-state index is 0. The molecular weight excluding hydrogens is 330 g/mol. The number of ether oxygens (including phenoxy) is 1. The highest BCUT2D eigenvalue weighted by Gasteiger charge is 2.31. The highest BCUT2D eigenvalue weighted by molar-refractivity contribution is 6.04. The summed E-state index contributed by atoms with van der Waals surface area (Å²) in [6, 6.07) is 5.43. The Morgan fingerprint density at radius 1 is 1.38 bits per heavy atom. The van der Waals surface area contributed by atoms with E-state index < -0.39 is 6.10 Å². The van der Waals surface area contributed by atoms with Gasteiger partial charge in [0, 0.05) is 19.1 Å². The van der Waals surface area contributed by atoms with Gasteiger partial charge >= 0.3 is 0 Å². The van der Waals surface area contributed by atoms with Gasteiger partial charge in [-0.2, -0.15) is 0 Å². The smallest absolute Gasteiger partial charge is 0.265 e. The number of anilines is 1. The molecule has 6 nitrogen and oxygen atoms in total. The van der Waals surface area contributed by atoms with E-state index in [1.165, 1.54) is 0 Å². The van der Waals surface area contributed by atoms with Crippen molar-refractivity contribution in [2.75, 3.05) is 18.4 Å². The van der Waals surface area contributed by atoms with Crippen LogP contribution in [0.15, 0.2) is 18.2 Å². The van der Waals surface area contributed by atoms with E-state index >= 15 is 0 Å². The summed E-state index contributed by atoms with van der Waals surface area (Å²) in [4.78, 5) is 26.4. The van der Waals surface area contributed by atoms with Crippen molar-refractivity contribution in [2.45, 2.75) is 38.8 Å². The molecule has 2 atom stereocenters. The van der Waals surface area contributed by atoms with E-state index in [2.05, 4.69) is 5.32 Å². The lowest BCUT2D eigenvalue weighted by atomic mass is 9.90. The number of rotatable bonds is 2. The van der Waals surface area contributed by atoms with E-state index in [0.717, 1.165) is 12.8 Å². The monoisotopic (exact) mass is 353 g/mol. The number of para-hydroxylation sites is 1. The van der Waals surface area contributed by atoms with Crippen molar-refractivity contribution in [2.24, 2.45) is 11.7 Å². The Morgan fingerprint density at radius 3 is 2.67 bits per heavy atom. The lowest BCUT2D eigenvalue weighted by Crippen LogP contribution is -2.43. The predicted molar refractivity (Wildman–Crippen MR) is 94.7 cm³/mol. The van der Waals surface area contributed by atoms with Crippen molar-refractivity contribution in [3.63, 3.8) is 0 Å². The summed E-state index contributed by atoms with van der Waals surface area (Å²) in [5.74, 6) is 0.700.